The molecule has 2 unspecified atom stereocenters. The number of ketones is 1. The van der Waals surface area contributed by atoms with Crippen LogP contribution in [0.15, 0.2) is 4.99 Å². The molecular formula is C10H17NO. The van der Waals surface area contributed by atoms with Gasteiger partial charge in [-0.15, -0.1) is 0 Å². The highest BCUT2D eigenvalue weighted by atomic mass is 16.1. The van der Waals surface area contributed by atoms with Crippen molar-refractivity contribution in [2.75, 3.05) is 0 Å². The highest BCUT2D eigenvalue weighted by molar-refractivity contribution is 6.26. The smallest absolute Gasteiger partial charge is 0.170 e. The van der Waals surface area contributed by atoms with Crippen molar-refractivity contribution in [3.05, 3.63) is 0 Å². The summed E-state index contributed by atoms with van der Waals surface area (Å²) in [6.07, 6.45) is 6.37. The van der Waals surface area contributed by atoms with E-state index in [1.54, 1.807) is 6.92 Å². The molecule has 0 spiro atoms. The average molecular weight is 167 g/mol. The summed E-state index contributed by atoms with van der Waals surface area (Å²) < 4.78 is 0. The van der Waals surface area contributed by atoms with Crippen LogP contribution >= 0.6 is 0 Å². The van der Waals surface area contributed by atoms with E-state index in [0.717, 1.165) is 5.92 Å². The third-order valence-electron chi connectivity index (χ3n) is 2.56. The maximum Gasteiger partial charge on any atom is 0.170 e. The van der Waals surface area contributed by atoms with E-state index in [0.29, 0.717) is 6.04 Å². The van der Waals surface area contributed by atoms with Gasteiger partial charge in [-0.3, -0.25) is 9.79 Å². The highest BCUT2D eigenvalue weighted by Crippen LogP contribution is 2.29. The van der Waals surface area contributed by atoms with Crippen molar-refractivity contribution < 1.29 is 4.79 Å². The first-order valence-corrected chi connectivity index (χ1v) is 4.76. The predicted octanol–water partition coefficient (Wildman–Crippen LogP) is 2.22. The molecule has 0 heterocycles. The number of nitrogens with zero attached hydrogens (tertiary/aromatic N) is 1. The molecule has 2 atom stereocenters. The Morgan fingerprint density at radius 3 is 2.83 bits per heavy atom. The highest BCUT2D eigenvalue weighted by Gasteiger charge is 2.21. The summed E-state index contributed by atoms with van der Waals surface area (Å²) >= 11 is 0. The Morgan fingerprint density at radius 1 is 1.58 bits per heavy atom. The lowest BCUT2D eigenvalue weighted by Gasteiger charge is -2.03. The van der Waals surface area contributed by atoms with Gasteiger partial charge in [0.1, 0.15) is 0 Å². The lowest BCUT2D eigenvalue weighted by Crippen LogP contribution is -2.01. The molecule has 0 bridgehead atoms. The van der Waals surface area contributed by atoms with Crippen molar-refractivity contribution in [2.45, 2.75) is 45.6 Å². The van der Waals surface area contributed by atoms with E-state index in [4.69, 9.17) is 0 Å². The van der Waals surface area contributed by atoms with E-state index < -0.39 is 0 Å². The molecule has 0 radical (unpaired) electrons. The van der Waals surface area contributed by atoms with Crippen LogP contribution in [0.25, 0.3) is 0 Å². The summed E-state index contributed by atoms with van der Waals surface area (Å²) in [5.74, 6) is 0.911. The van der Waals surface area contributed by atoms with Crippen molar-refractivity contribution in [1.29, 1.82) is 0 Å². The summed E-state index contributed by atoms with van der Waals surface area (Å²) in [6.45, 7) is 3.78. The van der Waals surface area contributed by atoms with E-state index >= 15 is 0 Å². The molecule has 2 nitrogen and oxygen atoms in total. The Morgan fingerprint density at radius 2 is 2.33 bits per heavy atom. The van der Waals surface area contributed by atoms with Gasteiger partial charge in [-0.05, 0) is 25.2 Å². The van der Waals surface area contributed by atoms with Crippen molar-refractivity contribution in [2.24, 2.45) is 10.9 Å². The molecule has 1 fully saturated rings. The fourth-order valence-corrected chi connectivity index (χ4v) is 1.77. The fraction of sp³-hybridized carbons (Fsp3) is 0.800. The molecular weight excluding hydrogens is 150 g/mol. The Labute approximate surface area is 74.1 Å². The Bertz CT molecular complexity index is 186. The maximum atomic E-state index is 10.6. The second-order valence-corrected chi connectivity index (χ2v) is 3.63. The fourth-order valence-electron chi connectivity index (χ4n) is 1.77. The molecule has 2 heteroatoms. The third kappa shape index (κ3) is 2.76. The molecule has 0 saturated heterocycles. The quantitative estimate of drug-likeness (QED) is 0.593. The molecule has 1 aliphatic carbocycles. The van der Waals surface area contributed by atoms with Crippen LogP contribution in [0.2, 0.25) is 0 Å². The van der Waals surface area contributed by atoms with E-state index in [1.807, 2.05) is 0 Å². The number of hydrogen-bond acceptors (Lipinski definition) is 2. The molecule has 0 aromatic rings. The molecule has 0 amide bonds. The Hall–Kier alpha value is -0.660. The van der Waals surface area contributed by atoms with E-state index in [9.17, 15) is 4.79 Å². The van der Waals surface area contributed by atoms with Crippen molar-refractivity contribution in [3.63, 3.8) is 0 Å². The summed E-state index contributed by atoms with van der Waals surface area (Å²) in [7, 11) is 0. The van der Waals surface area contributed by atoms with Crippen LogP contribution in [-0.2, 0) is 4.79 Å². The molecule has 1 aliphatic rings. The van der Waals surface area contributed by atoms with Crippen LogP contribution in [0.5, 0.6) is 0 Å². The molecule has 1 rings (SSSR count). The first-order valence-electron chi connectivity index (χ1n) is 4.76. The van der Waals surface area contributed by atoms with E-state index in [-0.39, 0.29) is 5.78 Å². The van der Waals surface area contributed by atoms with Gasteiger partial charge in [-0.1, -0.05) is 13.3 Å². The summed E-state index contributed by atoms with van der Waals surface area (Å²) in [4.78, 5) is 14.8. The van der Waals surface area contributed by atoms with Crippen LogP contribution in [-0.4, -0.2) is 18.0 Å². The zero-order valence-electron chi connectivity index (χ0n) is 7.92. The predicted molar refractivity (Wildman–Crippen MR) is 50.6 cm³/mol. The van der Waals surface area contributed by atoms with Crippen LogP contribution in [0, 0.1) is 5.92 Å². The van der Waals surface area contributed by atoms with E-state index in [1.165, 1.54) is 31.9 Å². The summed E-state index contributed by atoms with van der Waals surface area (Å²) in [5.41, 5.74) is 0. The lowest BCUT2D eigenvalue weighted by molar-refractivity contribution is -0.110. The molecule has 0 aliphatic heterocycles. The van der Waals surface area contributed by atoms with Gasteiger partial charge in [-0.2, -0.15) is 0 Å². The first kappa shape index (κ1) is 9.43. The Balaban J connectivity index is 2.32. The van der Waals surface area contributed by atoms with Crippen LogP contribution < -0.4 is 0 Å². The topological polar surface area (TPSA) is 29.4 Å². The van der Waals surface area contributed by atoms with E-state index in [2.05, 4.69) is 11.9 Å². The van der Waals surface area contributed by atoms with Crippen molar-refractivity contribution >= 4 is 12.0 Å². The molecule has 1 saturated carbocycles. The molecule has 68 valence electrons. The lowest BCUT2D eigenvalue weighted by atomic mass is 10.1. The zero-order valence-corrected chi connectivity index (χ0v) is 7.92. The maximum absolute atomic E-state index is 10.6. The van der Waals surface area contributed by atoms with Crippen LogP contribution in [0.3, 0.4) is 0 Å². The first-order chi connectivity index (χ1) is 5.72. The number of rotatable bonds is 3. The number of carbonyl (C=O) groups excluding carboxylic acids is 1. The SMILES string of the molecule is CCC1CCC(/N=C/C(C)=O)C1. The molecule has 0 N–H and O–H groups in total. The van der Waals surface area contributed by atoms with Gasteiger partial charge < -0.3 is 0 Å². The van der Waals surface area contributed by atoms with Gasteiger partial charge >= 0.3 is 0 Å². The largest absolute Gasteiger partial charge is 0.293 e. The standard InChI is InChI=1S/C10H17NO/c1-3-9-4-5-10(6-9)11-7-8(2)12/h7,9-10H,3-6H2,1-2H3/b11-7+. The minimum Gasteiger partial charge on any atom is -0.293 e. The van der Waals surface area contributed by atoms with Gasteiger partial charge in [-0.25, -0.2) is 0 Å². The van der Waals surface area contributed by atoms with Crippen LogP contribution in [0.4, 0.5) is 0 Å². The number of carbonyl (C=O) groups is 1. The average Bonchev–Trinajstić information content (AvgIpc) is 2.48. The molecule has 0 aromatic heterocycles. The molecule has 0 aromatic carbocycles. The zero-order chi connectivity index (χ0) is 8.97. The second-order valence-electron chi connectivity index (χ2n) is 3.63. The minimum absolute atomic E-state index is 0.0648. The number of aliphatic imine (C=N–C) groups is 1. The monoisotopic (exact) mass is 167 g/mol. The van der Waals surface area contributed by atoms with Crippen LogP contribution in [0.1, 0.15) is 39.5 Å². The van der Waals surface area contributed by atoms with Crippen molar-refractivity contribution in [3.8, 4) is 0 Å². The van der Waals surface area contributed by atoms with Crippen molar-refractivity contribution in [1.82, 2.24) is 0 Å². The normalized spacial score (nSPS) is 29.8. The second kappa shape index (κ2) is 4.39. The third-order valence-corrected chi connectivity index (χ3v) is 2.56. The summed E-state index contributed by atoms with van der Waals surface area (Å²) in [5, 5.41) is 0. The van der Waals surface area contributed by atoms with Gasteiger partial charge in [0.2, 0.25) is 0 Å². The van der Waals surface area contributed by atoms with Gasteiger partial charge in [0.15, 0.2) is 5.78 Å². The minimum atomic E-state index is 0.0648. The van der Waals surface area contributed by atoms with Gasteiger partial charge in [0.25, 0.3) is 0 Å². The van der Waals surface area contributed by atoms with Gasteiger partial charge in [0.05, 0.1) is 12.3 Å². The summed E-state index contributed by atoms with van der Waals surface area (Å²) in [6, 6.07) is 0.429. The Kier molecular flexibility index (Phi) is 3.45. The number of Topliss-reactive ketones (excluding diaryl/α,β-unsaturated/α-hetero) is 1. The molecule has 12 heavy (non-hydrogen) atoms. The van der Waals surface area contributed by atoms with Gasteiger partial charge in [0, 0.05) is 6.92 Å². The number of hydrogen-bond donors (Lipinski definition) is 0.